The van der Waals surface area contributed by atoms with Gasteiger partial charge in [-0.3, -0.25) is 10.1 Å². The Hall–Kier alpha value is -2.19. The normalized spacial score (nSPS) is 11.0. The minimum Gasteiger partial charge on any atom is -0.368 e. The summed E-state index contributed by atoms with van der Waals surface area (Å²) in [6, 6.07) is 2.08. The van der Waals surface area contributed by atoms with Gasteiger partial charge in [0.05, 0.1) is 18.1 Å². The third-order valence-electron chi connectivity index (χ3n) is 3.04. The van der Waals surface area contributed by atoms with E-state index in [1.807, 2.05) is 24.0 Å². The maximum Gasteiger partial charge on any atom is 0.240 e. The van der Waals surface area contributed by atoms with E-state index in [0.717, 1.165) is 34.7 Å². The number of rotatable bonds is 5. The number of nitrogens with two attached hydrogens (primary N) is 1. The van der Waals surface area contributed by atoms with E-state index < -0.39 is 0 Å². The first-order valence-electron chi connectivity index (χ1n) is 6.63. The fourth-order valence-electron chi connectivity index (χ4n) is 2.12. The third-order valence-corrected chi connectivity index (χ3v) is 3.99. The molecule has 0 unspecified atom stereocenters. The fraction of sp³-hybridized carbons (Fsp3) is 0.308. The zero-order valence-corrected chi connectivity index (χ0v) is 12.7. The lowest BCUT2D eigenvalue weighted by Gasteiger charge is -2.08. The molecule has 0 fully saturated rings. The number of nitrogen functional groups attached to an aromatic ring is 1. The van der Waals surface area contributed by atoms with Gasteiger partial charge in [0.1, 0.15) is 10.6 Å². The molecule has 0 spiro atoms. The summed E-state index contributed by atoms with van der Waals surface area (Å²) < 4.78 is 1.90. The Morgan fingerprint density at radius 3 is 2.90 bits per heavy atom. The van der Waals surface area contributed by atoms with Gasteiger partial charge >= 0.3 is 0 Å². The van der Waals surface area contributed by atoms with Gasteiger partial charge in [-0.25, -0.2) is 10.8 Å². The maximum absolute atomic E-state index is 5.43. The largest absolute Gasteiger partial charge is 0.368 e. The topological polar surface area (TPSA) is 93.7 Å². The maximum atomic E-state index is 5.43. The van der Waals surface area contributed by atoms with Gasteiger partial charge in [0, 0.05) is 17.6 Å². The molecule has 3 rings (SSSR count). The van der Waals surface area contributed by atoms with E-state index in [9.17, 15) is 0 Å². The van der Waals surface area contributed by atoms with E-state index in [0.29, 0.717) is 5.95 Å². The number of aromatic nitrogens is 4. The molecule has 110 valence electrons. The van der Waals surface area contributed by atoms with Crippen molar-refractivity contribution >= 4 is 33.3 Å². The smallest absolute Gasteiger partial charge is 0.240 e. The summed E-state index contributed by atoms with van der Waals surface area (Å²) >= 11 is 1.62. The van der Waals surface area contributed by atoms with Crippen molar-refractivity contribution < 1.29 is 0 Å². The molecule has 3 heterocycles. The molecule has 0 aliphatic carbocycles. The van der Waals surface area contributed by atoms with Crippen molar-refractivity contribution in [3.8, 4) is 0 Å². The molecule has 3 aromatic rings. The minimum absolute atomic E-state index is 0.418. The van der Waals surface area contributed by atoms with Crippen LogP contribution in [-0.4, -0.2) is 26.3 Å². The molecule has 7 nitrogen and oxygen atoms in total. The lowest BCUT2D eigenvalue weighted by atomic mass is 10.3. The van der Waals surface area contributed by atoms with E-state index in [1.165, 1.54) is 4.88 Å². The Morgan fingerprint density at radius 2 is 2.19 bits per heavy atom. The molecule has 0 saturated carbocycles. The van der Waals surface area contributed by atoms with Gasteiger partial charge in [-0.1, -0.05) is 0 Å². The highest BCUT2D eigenvalue weighted by Gasteiger charge is 2.09. The van der Waals surface area contributed by atoms with E-state index >= 15 is 0 Å². The second kappa shape index (κ2) is 5.66. The summed E-state index contributed by atoms with van der Waals surface area (Å²) in [7, 11) is 0. The fourth-order valence-corrected chi connectivity index (χ4v) is 3.00. The molecule has 0 bridgehead atoms. The molecule has 0 saturated heterocycles. The molecule has 0 atom stereocenters. The standard InChI is InChI=1S/C13H17N7S/c1-8-6-16-20(7-8)4-3-15-11-10-5-9(2)21-12(10)18-13(17-11)19-14/h5-7H,3-4,14H2,1-2H3,(H2,15,17,18,19). The number of hydrazine groups is 1. The number of thiophene rings is 1. The van der Waals surface area contributed by atoms with E-state index in [2.05, 4.69) is 38.8 Å². The Morgan fingerprint density at radius 1 is 1.33 bits per heavy atom. The number of anilines is 2. The second-order valence-electron chi connectivity index (χ2n) is 4.82. The number of hydrogen-bond acceptors (Lipinski definition) is 7. The average Bonchev–Trinajstić information content (AvgIpc) is 3.03. The first-order chi connectivity index (χ1) is 10.2. The first-order valence-corrected chi connectivity index (χ1v) is 7.45. The van der Waals surface area contributed by atoms with Gasteiger partial charge in [0.15, 0.2) is 0 Å². The van der Waals surface area contributed by atoms with Gasteiger partial charge in [-0.15, -0.1) is 11.3 Å². The van der Waals surface area contributed by atoms with Gasteiger partial charge in [0.2, 0.25) is 5.95 Å². The molecular formula is C13H17N7S. The monoisotopic (exact) mass is 303 g/mol. The molecule has 0 amide bonds. The van der Waals surface area contributed by atoms with Crippen LogP contribution >= 0.6 is 11.3 Å². The molecule has 4 N–H and O–H groups in total. The van der Waals surface area contributed by atoms with E-state index in [4.69, 9.17) is 5.84 Å². The molecular weight excluding hydrogens is 286 g/mol. The number of hydrogen-bond donors (Lipinski definition) is 3. The lowest BCUT2D eigenvalue weighted by Crippen LogP contribution is -2.14. The Kier molecular flexibility index (Phi) is 3.72. The third kappa shape index (κ3) is 2.96. The van der Waals surface area contributed by atoms with Crippen molar-refractivity contribution in [1.82, 2.24) is 19.7 Å². The molecule has 21 heavy (non-hydrogen) atoms. The lowest BCUT2D eigenvalue weighted by molar-refractivity contribution is 0.637. The van der Waals surface area contributed by atoms with Crippen molar-refractivity contribution in [3.05, 3.63) is 28.9 Å². The average molecular weight is 303 g/mol. The molecule has 0 radical (unpaired) electrons. The summed E-state index contributed by atoms with van der Waals surface area (Å²) in [4.78, 5) is 10.9. The zero-order chi connectivity index (χ0) is 14.8. The zero-order valence-electron chi connectivity index (χ0n) is 11.9. The quantitative estimate of drug-likeness (QED) is 0.492. The summed E-state index contributed by atoms with van der Waals surface area (Å²) in [5.41, 5.74) is 3.66. The van der Waals surface area contributed by atoms with Crippen molar-refractivity contribution in [2.45, 2.75) is 20.4 Å². The SMILES string of the molecule is Cc1cnn(CCNc2nc(NN)nc3sc(C)cc23)c1. The van der Waals surface area contributed by atoms with Crippen molar-refractivity contribution in [3.63, 3.8) is 0 Å². The summed E-state index contributed by atoms with van der Waals surface area (Å²) in [6.45, 7) is 5.58. The van der Waals surface area contributed by atoms with Crippen molar-refractivity contribution in [2.75, 3.05) is 17.3 Å². The van der Waals surface area contributed by atoms with Crippen molar-refractivity contribution in [2.24, 2.45) is 5.84 Å². The number of nitrogens with zero attached hydrogens (tertiary/aromatic N) is 4. The van der Waals surface area contributed by atoms with Gasteiger partial charge in [-0.05, 0) is 25.5 Å². The van der Waals surface area contributed by atoms with Crippen LogP contribution in [0, 0.1) is 13.8 Å². The first kappa shape index (κ1) is 13.8. The predicted octanol–water partition coefficient (Wildman–Crippen LogP) is 1.90. The number of aryl methyl sites for hydroxylation is 2. The highest BCUT2D eigenvalue weighted by Crippen LogP contribution is 2.29. The Labute approximate surface area is 126 Å². The van der Waals surface area contributed by atoms with Crippen LogP contribution < -0.4 is 16.6 Å². The number of fused-ring (bicyclic) bond motifs is 1. The van der Waals surface area contributed by atoms with Crippen molar-refractivity contribution in [1.29, 1.82) is 0 Å². The van der Waals surface area contributed by atoms with Crippen LogP contribution in [0.3, 0.4) is 0 Å². The van der Waals surface area contributed by atoms with Crippen LogP contribution in [0.4, 0.5) is 11.8 Å². The molecule has 0 aliphatic rings. The van der Waals surface area contributed by atoms with Gasteiger partial charge in [-0.2, -0.15) is 10.1 Å². The minimum atomic E-state index is 0.418. The Balaban J connectivity index is 1.78. The highest BCUT2D eigenvalue weighted by atomic mass is 32.1. The van der Waals surface area contributed by atoms with E-state index in [1.54, 1.807) is 11.3 Å². The second-order valence-corrected chi connectivity index (χ2v) is 6.06. The van der Waals surface area contributed by atoms with Gasteiger partial charge < -0.3 is 5.32 Å². The summed E-state index contributed by atoms with van der Waals surface area (Å²) in [6.07, 6.45) is 3.86. The van der Waals surface area contributed by atoms with Crippen LogP contribution in [0.5, 0.6) is 0 Å². The molecule has 8 heteroatoms. The van der Waals surface area contributed by atoms with Gasteiger partial charge in [0.25, 0.3) is 0 Å². The van der Waals surface area contributed by atoms with Crippen LogP contribution in [0.15, 0.2) is 18.5 Å². The predicted molar refractivity (Wildman–Crippen MR) is 85.4 cm³/mol. The van der Waals surface area contributed by atoms with Crippen LogP contribution in [0.2, 0.25) is 0 Å². The van der Waals surface area contributed by atoms with Crippen LogP contribution in [0.1, 0.15) is 10.4 Å². The van der Waals surface area contributed by atoms with Crippen LogP contribution in [-0.2, 0) is 6.54 Å². The summed E-state index contributed by atoms with van der Waals surface area (Å²) in [5, 5.41) is 8.61. The summed E-state index contributed by atoms with van der Waals surface area (Å²) in [5.74, 6) is 6.64. The molecule has 3 aromatic heterocycles. The van der Waals surface area contributed by atoms with Crippen LogP contribution in [0.25, 0.3) is 10.2 Å². The molecule has 0 aliphatic heterocycles. The highest BCUT2D eigenvalue weighted by molar-refractivity contribution is 7.18. The molecule has 0 aromatic carbocycles. The van der Waals surface area contributed by atoms with E-state index in [-0.39, 0.29) is 0 Å². The Bertz CT molecular complexity index is 761. The number of nitrogens with one attached hydrogen (secondary N) is 2.